The van der Waals surface area contributed by atoms with E-state index in [0.717, 1.165) is 5.56 Å². The van der Waals surface area contributed by atoms with Gasteiger partial charge in [0.05, 0.1) is 17.0 Å². The molecule has 0 radical (unpaired) electrons. The summed E-state index contributed by atoms with van der Waals surface area (Å²) >= 11 is 7.41. The van der Waals surface area contributed by atoms with Crippen LogP contribution in [0.5, 0.6) is 5.75 Å². The molecule has 0 aliphatic rings. The predicted molar refractivity (Wildman–Crippen MR) is 75.0 cm³/mol. The van der Waals surface area contributed by atoms with Gasteiger partial charge in [0.25, 0.3) is 5.91 Å². The molecule has 0 fully saturated rings. The summed E-state index contributed by atoms with van der Waals surface area (Å²) in [5.41, 5.74) is 1.62. The van der Waals surface area contributed by atoms with Gasteiger partial charge in [-0.15, -0.1) is 11.3 Å². The van der Waals surface area contributed by atoms with E-state index in [2.05, 4.69) is 5.32 Å². The lowest BCUT2D eigenvalue weighted by Crippen LogP contribution is -2.11. The zero-order valence-corrected chi connectivity index (χ0v) is 11.6. The van der Waals surface area contributed by atoms with Crippen LogP contribution in [-0.4, -0.2) is 13.0 Å². The highest BCUT2D eigenvalue weighted by Crippen LogP contribution is 2.27. The van der Waals surface area contributed by atoms with Gasteiger partial charge >= 0.3 is 0 Å². The van der Waals surface area contributed by atoms with E-state index in [1.165, 1.54) is 11.3 Å². The van der Waals surface area contributed by atoms with Crippen LogP contribution in [0.4, 0.5) is 5.69 Å². The van der Waals surface area contributed by atoms with Gasteiger partial charge in [-0.3, -0.25) is 4.79 Å². The number of nitrogens with one attached hydrogen (secondary N) is 1. The Hall–Kier alpha value is -1.52. The molecule has 0 spiro atoms. The number of thiophene rings is 1. The highest BCUT2D eigenvalue weighted by atomic mass is 35.5. The number of hydrogen-bond acceptors (Lipinski definition) is 3. The molecule has 2 aromatic rings. The van der Waals surface area contributed by atoms with Crippen molar-refractivity contribution in [3.05, 3.63) is 45.1 Å². The number of ether oxygens (including phenoxy) is 1. The van der Waals surface area contributed by atoms with Crippen molar-refractivity contribution in [3.8, 4) is 5.75 Å². The van der Waals surface area contributed by atoms with Gasteiger partial charge in [0.2, 0.25) is 0 Å². The van der Waals surface area contributed by atoms with E-state index in [0.29, 0.717) is 21.3 Å². The molecule has 3 nitrogen and oxygen atoms in total. The Morgan fingerprint density at radius 3 is 2.72 bits per heavy atom. The maximum absolute atomic E-state index is 12.0. The van der Waals surface area contributed by atoms with Gasteiger partial charge in [0.15, 0.2) is 0 Å². The van der Waals surface area contributed by atoms with Gasteiger partial charge in [-0.25, -0.2) is 0 Å². The normalized spacial score (nSPS) is 10.2. The predicted octanol–water partition coefficient (Wildman–Crippen LogP) is 3.97. The molecule has 2 rings (SSSR count). The van der Waals surface area contributed by atoms with Crippen LogP contribution in [0, 0.1) is 6.92 Å². The van der Waals surface area contributed by atoms with Crippen LogP contribution in [-0.2, 0) is 0 Å². The Balaban J connectivity index is 2.17. The number of benzene rings is 1. The molecular weight excluding hydrogens is 270 g/mol. The minimum absolute atomic E-state index is 0.122. The molecule has 1 N–H and O–H groups in total. The van der Waals surface area contributed by atoms with E-state index in [-0.39, 0.29) is 5.91 Å². The molecule has 0 unspecified atom stereocenters. The zero-order chi connectivity index (χ0) is 13.1. The van der Waals surface area contributed by atoms with Crippen molar-refractivity contribution in [2.75, 3.05) is 12.4 Å². The van der Waals surface area contributed by atoms with E-state index < -0.39 is 0 Å². The lowest BCUT2D eigenvalue weighted by atomic mass is 10.2. The Morgan fingerprint density at radius 2 is 2.17 bits per heavy atom. The maximum Gasteiger partial charge on any atom is 0.265 e. The van der Waals surface area contributed by atoms with Crippen molar-refractivity contribution in [1.29, 1.82) is 0 Å². The van der Waals surface area contributed by atoms with E-state index in [9.17, 15) is 4.79 Å². The largest absolute Gasteiger partial charge is 0.495 e. The molecule has 94 valence electrons. The molecule has 0 saturated heterocycles. The Bertz CT molecular complexity index is 580. The second-order valence-electron chi connectivity index (χ2n) is 3.74. The average molecular weight is 282 g/mol. The van der Waals surface area contributed by atoms with E-state index in [4.69, 9.17) is 16.3 Å². The third kappa shape index (κ3) is 2.66. The second kappa shape index (κ2) is 5.42. The van der Waals surface area contributed by atoms with Gasteiger partial charge in [-0.05, 0) is 42.1 Å². The molecule has 0 atom stereocenters. The summed E-state index contributed by atoms with van der Waals surface area (Å²) in [6.07, 6.45) is 0. The maximum atomic E-state index is 12.0. The van der Waals surface area contributed by atoms with E-state index in [1.54, 1.807) is 25.3 Å². The molecule has 1 heterocycles. The number of rotatable bonds is 3. The molecule has 0 aliphatic carbocycles. The second-order valence-corrected chi connectivity index (χ2v) is 5.06. The lowest BCUT2D eigenvalue weighted by molar-refractivity contribution is 0.103. The number of amides is 1. The lowest BCUT2D eigenvalue weighted by Gasteiger charge is -2.07. The Labute approximate surface area is 114 Å². The first-order chi connectivity index (χ1) is 8.61. The molecule has 5 heteroatoms. The smallest absolute Gasteiger partial charge is 0.265 e. The van der Waals surface area contributed by atoms with Crippen LogP contribution < -0.4 is 10.1 Å². The summed E-state index contributed by atoms with van der Waals surface area (Å²) in [7, 11) is 1.55. The van der Waals surface area contributed by atoms with Crippen molar-refractivity contribution in [2.24, 2.45) is 0 Å². The van der Waals surface area contributed by atoms with Gasteiger partial charge in [-0.2, -0.15) is 0 Å². The summed E-state index contributed by atoms with van der Waals surface area (Å²) in [5.74, 6) is 0.464. The summed E-state index contributed by atoms with van der Waals surface area (Å²) in [4.78, 5) is 12.7. The first-order valence-electron chi connectivity index (χ1n) is 5.31. The molecule has 1 aromatic carbocycles. The van der Waals surface area contributed by atoms with Crippen LogP contribution in [0.15, 0.2) is 29.6 Å². The van der Waals surface area contributed by atoms with Crippen LogP contribution in [0.1, 0.15) is 15.2 Å². The first-order valence-corrected chi connectivity index (χ1v) is 6.56. The fourth-order valence-electron chi connectivity index (χ4n) is 1.54. The fourth-order valence-corrected chi connectivity index (χ4v) is 2.62. The first kappa shape index (κ1) is 12.9. The SMILES string of the molecule is COc1ccc(NC(=O)c2sccc2C)cc1Cl. The third-order valence-electron chi connectivity index (χ3n) is 2.48. The molecule has 18 heavy (non-hydrogen) atoms. The Morgan fingerprint density at radius 1 is 1.39 bits per heavy atom. The molecule has 0 aliphatic heterocycles. The molecule has 0 saturated carbocycles. The van der Waals surface area contributed by atoms with Crippen molar-refractivity contribution in [1.82, 2.24) is 0 Å². The highest BCUT2D eigenvalue weighted by Gasteiger charge is 2.11. The van der Waals surface area contributed by atoms with Crippen molar-refractivity contribution in [3.63, 3.8) is 0 Å². The summed E-state index contributed by atoms with van der Waals surface area (Å²) in [5, 5.41) is 5.17. The molecule has 1 aromatic heterocycles. The van der Waals surface area contributed by atoms with Gasteiger partial charge < -0.3 is 10.1 Å². The molecule has 0 bridgehead atoms. The Kier molecular flexibility index (Phi) is 3.89. The zero-order valence-electron chi connectivity index (χ0n) is 9.99. The van der Waals surface area contributed by atoms with E-state index >= 15 is 0 Å². The number of carbonyl (C=O) groups excluding carboxylic acids is 1. The van der Waals surface area contributed by atoms with Crippen molar-refractivity contribution < 1.29 is 9.53 Å². The summed E-state index contributed by atoms with van der Waals surface area (Å²) < 4.78 is 5.05. The van der Waals surface area contributed by atoms with Crippen LogP contribution in [0.2, 0.25) is 5.02 Å². The van der Waals surface area contributed by atoms with E-state index in [1.807, 2.05) is 18.4 Å². The van der Waals surface area contributed by atoms with Crippen LogP contribution in [0.25, 0.3) is 0 Å². The minimum atomic E-state index is -0.122. The number of carbonyl (C=O) groups is 1. The fraction of sp³-hybridized carbons (Fsp3) is 0.154. The van der Waals surface area contributed by atoms with Crippen molar-refractivity contribution >= 4 is 34.5 Å². The van der Waals surface area contributed by atoms with Crippen molar-refractivity contribution in [2.45, 2.75) is 6.92 Å². The van der Waals surface area contributed by atoms with Crippen LogP contribution in [0.3, 0.4) is 0 Å². The monoisotopic (exact) mass is 281 g/mol. The highest BCUT2D eigenvalue weighted by molar-refractivity contribution is 7.12. The third-order valence-corrected chi connectivity index (χ3v) is 3.79. The topological polar surface area (TPSA) is 38.3 Å². The summed E-state index contributed by atoms with van der Waals surface area (Å²) in [6.45, 7) is 1.91. The number of anilines is 1. The standard InChI is InChI=1S/C13H12ClNO2S/c1-8-5-6-18-12(8)13(16)15-9-3-4-11(17-2)10(14)7-9/h3-7H,1-2H3,(H,15,16). The average Bonchev–Trinajstić information content (AvgIpc) is 2.76. The number of methoxy groups -OCH3 is 1. The van der Waals surface area contributed by atoms with Gasteiger partial charge in [-0.1, -0.05) is 11.6 Å². The quantitative estimate of drug-likeness (QED) is 0.924. The van der Waals surface area contributed by atoms with Crippen LogP contribution >= 0.6 is 22.9 Å². The molecule has 1 amide bonds. The summed E-state index contributed by atoms with van der Waals surface area (Å²) in [6, 6.07) is 7.06. The molecular formula is C13H12ClNO2S. The van der Waals surface area contributed by atoms with Gasteiger partial charge in [0.1, 0.15) is 5.75 Å². The number of halogens is 1. The number of hydrogen-bond donors (Lipinski definition) is 1. The van der Waals surface area contributed by atoms with Gasteiger partial charge in [0, 0.05) is 5.69 Å². The minimum Gasteiger partial charge on any atom is -0.495 e. The number of aryl methyl sites for hydroxylation is 1.